The van der Waals surface area contributed by atoms with Gasteiger partial charge in [-0.3, -0.25) is 19.2 Å². The quantitative estimate of drug-likeness (QED) is 0.255. The minimum absolute atomic E-state index is 0.00368. The standard InChI is InChI=1S/C30H30N10O3/c1-32-30(42)27-25(11-26(37-38-27)36-29(41)18-9-10-18)35-24-8-4-7-23(28(24)43-2)19-13-33-40(14-19)22-16-39(17-22)15-21-6-3-5-20(12-31)34-21/h3-8,11,13-14,18,22H,9-10,15-17H2,1-2H3,(H,32,42)(H2,35,36,37,41). The molecule has 2 aliphatic rings. The van der Waals surface area contributed by atoms with Gasteiger partial charge in [0.25, 0.3) is 5.91 Å². The molecule has 6 rings (SSSR count). The molecule has 2 fully saturated rings. The number of nitriles is 1. The fourth-order valence-electron chi connectivity index (χ4n) is 5.01. The summed E-state index contributed by atoms with van der Waals surface area (Å²) < 4.78 is 7.79. The summed E-state index contributed by atoms with van der Waals surface area (Å²) in [5.41, 5.74) is 4.04. The number of nitrogens with one attached hydrogen (secondary N) is 3. The topological polar surface area (TPSA) is 163 Å². The first-order valence-electron chi connectivity index (χ1n) is 13.9. The number of nitrogens with zero attached hydrogens (tertiary/aromatic N) is 7. The SMILES string of the molecule is CNC(=O)c1nnc(NC(=O)C2CC2)cc1Nc1cccc(-c2cnn(C3CN(Cc4cccc(C#N)n4)C3)c2)c1OC. The first-order chi connectivity index (χ1) is 20.9. The van der Waals surface area contributed by atoms with Gasteiger partial charge in [-0.2, -0.15) is 10.4 Å². The number of amides is 2. The van der Waals surface area contributed by atoms with Crippen molar-refractivity contribution in [2.75, 3.05) is 37.9 Å². The number of carbonyl (C=O) groups is 2. The smallest absolute Gasteiger partial charge is 0.273 e. The van der Waals surface area contributed by atoms with Crippen LogP contribution in [-0.4, -0.2) is 68.9 Å². The number of pyridine rings is 1. The van der Waals surface area contributed by atoms with Crippen LogP contribution in [0.4, 0.5) is 17.2 Å². The number of para-hydroxylation sites is 1. The lowest BCUT2D eigenvalue weighted by molar-refractivity contribution is -0.117. The minimum atomic E-state index is -0.422. The molecule has 1 saturated heterocycles. The third-order valence-corrected chi connectivity index (χ3v) is 7.46. The summed E-state index contributed by atoms with van der Waals surface area (Å²) in [4.78, 5) is 31.5. The van der Waals surface area contributed by atoms with Gasteiger partial charge in [0.15, 0.2) is 11.5 Å². The van der Waals surface area contributed by atoms with Crippen LogP contribution in [0.1, 0.15) is 40.8 Å². The van der Waals surface area contributed by atoms with Crippen LogP contribution >= 0.6 is 0 Å². The summed E-state index contributed by atoms with van der Waals surface area (Å²) in [6, 6.07) is 15.0. The maximum Gasteiger partial charge on any atom is 0.273 e. The van der Waals surface area contributed by atoms with Gasteiger partial charge in [-0.1, -0.05) is 18.2 Å². The van der Waals surface area contributed by atoms with E-state index in [1.807, 2.05) is 41.2 Å². The summed E-state index contributed by atoms with van der Waals surface area (Å²) in [5, 5.41) is 30.5. The molecule has 1 saturated carbocycles. The Morgan fingerprint density at radius 3 is 2.67 bits per heavy atom. The fourth-order valence-corrected chi connectivity index (χ4v) is 5.01. The van der Waals surface area contributed by atoms with Crippen LogP contribution in [0.2, 0.25) is 0 Å². The van der Waals surface area contributed by atoms with Crippen molar-refractivity contribution in [2.24, 2.45) is 5.92 Å². The molecule has 0 spiro atoms. The van der Waals surface area contributed by atoms with Crippen LogP contribution in [0.25, 0.3) is 11.1 Å². The van der Waals surface area contributed by atoms with Crippen LogP contribution in [-0.2, 0) is 11.3 Å². The van der Waals surface area contributed by atoms with Crippen molar-refractivity contribution in [3.63, 3.8) is 0 Å². The lowest BCUT2D eigenvalue weighted by atomic mass is 10.1. The van der Waals surface area contributed by atoms with E-state index >= 15 is 0 Å². The molecule has 218 valence electrons. The average Bonchev–Trinajstić information content (AvgIpc) is 3.76. The van der Waals surface area contributed by atoms with E-state index in [-0.39, 0.29) is 29.4 Å². The summed E-state index contributed by atoms with van der Waals surface area (Å²) in [5.74, 6) is 0.282. The number of benzene rings is 1. The van der Waals surface area contributed by atoms with E-state index in [9.17, 15) is 9.59 Å². The number of hydrogen-bond acceptors (Lipinski definition) is 10. The molecular weight excluding hydrogens is 548 g/mol. The highest BCUT2D eigenvalue weighted by Gasteiger charge is 2.31. The van der Waals surface area contributed by atoms with E-state index in [0.717, 1.165) is 42.8 Å². The Morgan fingerprint density at radius 2 is 1.93 bits per heavy atom. The van der Waals surface area contributed by atoms with Crippen molar-refractivity contribution in [3.8, 4) is 22.9 Å². The molecule has 1 aliphatic heterocycles. The number of anilines is 3. The summed E-state index contributed by atoms with van der Waals surface area (Å²) in [6.07, 6.45) is 5.51. The molecule has 43 heavy (non-hydrogen) atoms. The van der Waals surface area contributed by atoms with E-state index in [0.29, 0.717) is 29.4 Å². The third-order valence-electron chi connectivity index (χ3n) is 7.46. The van der Waals surface area contributed by atoms with E-state index in [2.05, 4.69) is 47.2 Å². The minimum Gasteiger partial charge on any atom is -0.494 e. The van der Waals surface area contributed by atoms with E-state index in [1.54, 1.807) is 25.4 Å². The lowest BCUT2D eigenvalue weighted by Gasteiger charge is -2.38. The zero-order valence-electron chi connectivity index (χ0n) is 23.7. The Balaban J connectivity index is 1.19. The number of likely N-dealkylation sites (tertiary alicyclic amines) is 1. The number of methoxy groups -OCH3 is 1. The maximum absolute atomic E-state index is 12.6. The number of carbonyl (C=O) groups excluding carboxylic acids is 2. The Kier molecular flexibility index (Phi) is 7.67. The second-order valence-electron chi connectivity index (χ2n) is 10.5. The summed E-state index contributed by atoms with van der Waals surface area (Å²) >= 11 is 0. The molecule has 0 radical (unpaired) electrons. The third kappa shape index (κ3) is 6.00. The Morgan fingerprint density at radius 1 is 1.12 bits per heavy atom. The van der Waals surface area contributed by atoms with Crippen LogP contribution < -0.4 is 20.7 Å². The predicted molar refractivity (Wildman–Crippen MR) is 158 cm³/mol. The monoisotopic (exact) mass is 578 g/mol. The van der Waals surface area contributed by atoms with Gasteiger partial charge in [0.05, 0.1) is 36.4 Å². The molecule has 3 aromatic heterocycles. The molecule has 2 amide bonds. The van der Waals surface area contributed by atoms with Crippen molar-refractivity contribution in [1.29, 1.82) is 5.26 Å². The van der Waals surface area contributed by atoms with Crippen molar-refractivity contribution in [3.05, 3.63) is 71.9 Å². The number of aromatic nitrogens is 5. The molecule has 4 aromatic rings. The predicted octanol–water partition coefficient (Wildman–Crippen LogP) is 3.12. The van der Waals surface area contributed by atoms with Gasteiger partial charge in [0.1, 0.15) is 17.5 Å². The highest BCUT2D eigenvalue weighted by Crippen LogP contribution is 2.39. The molecule has 13 heteroatoms. The number of ether oxygens (including phenoxy) is 1. The van der Waals surface area contributed by atoms with Crippen molar-refractivity contribution in [1.82, 2.24) is 35.2 Å². The Bertz CT molecular complexity index is 1720. The average molecular weight is 579 g/mol. The van der Waals surface area contributed by atoms with Crippen molar-refractivity contribution < 1.29 is 14.3 Å². The highest BCUT2D eigenvalue weighted by atomic mass is 16.5. The summed E-state index contributed by atoms with van der Waals surface area (Å²) in [6.45, 7) is 2.31. The lowest BCUT2D eigenvalue weighted by Crippen LogP contribution is -2.47. The fraction of sp³-hybridized carbons (Fsp3) is 0.300. The van der Waals surface area contributed by atoms with Gasteiger partial charge in [-0.25, -0.2) is 4.98 Å². The number of hydrogen-bond donors (Lipinski definition) is 3. The second-order valence-corrected chi connectivity index (χ2v) is 10.5. The van der Waals surface area contributed by atoms with Crippen LogP contribution in [0.5, 0.6) is 5.75 Å². The number of rotatable bonds is 10. The second kappa shape index (κ2) is 11.9. The van der Waals surface area contributed by atoms with Crippen LogP contribution in [0.3, 0.4) is 0 Å². The Hall–Kier alpha value is -5.35. The normalized spacial score (nSPS) is 14.8. The molecule has 13 nitrogen and oxygen atoms in total. The maximum atomic E-state index is 12.6. The summed E-state index contributed by atoms with van der Waals surface area (Å²) in [7, 11) is 3.10. The van der Waals surface area contributed by atoms with Crippen molar-refractivity contribution in [2.45, 2.75) is 25.4 Å². The van der Waals surface area contributed by atoms with Gasteiger partial charge in [-0.05, 0) is 31.0 Å². The van der Waals surface area contributed by atoms with Gasteiger partial charge in [0.2, 0.25) is 5.91 Å². The molecule has 0 bridgehead atoms. The molecule has 1 aromatic carbocycles. The molecule has 4 heterocycles. The molecule has 0 unspecified atom stereocenters. The van der Waals surface area contributed by atoms with Gasteiger partial charge in [0, 0.05) is 56.0 Å². The van der Waals surface area contributed by atoms with Crippen molar-refractivity contribution >= 4 is 29.0 Å². The van der Waals surface area contributed by atoms with E-state index in [1.165, 1.54) is 7.05 Å². The van der Waals surface area contributed by atoms with Gasteiger partial charge < -0.3 is 20.7 Å². The molecule has 0 atom stereocenters. The van der Waals surface area contributed by atoms with Gasteiger partial charge in [-0.15, -0.1) is 10.2 Å². The first kappa shape index (κ1) is 27.8. The van der Waals surface area contributed by atoms with Crippen LogP contribution in [0, 0.1) is 17.2 Å². The zero-order valence-corrected chi connectivity index (χ0v) is 23.7. The largest absolute Gasteiger partial charge is 0.494 e. The molecular formula is C30H30N10O3. The van der Waals surface area contributed by atoms with E-state index < -0.39 is 5.91 Å². The first-order valence-corrected chi connectivity index (χ1v) is 13.9. The molecule has 3 N–H and O–H groups in total. The van der Waals surface area contributed by atoms with Gasteiger partial charge >= 0.3 is 0 Å². The molecule has 1 aliphatic carbocycles. The van der Waals surface area contributed by atoms with Crippen LogP contribution in [0.15, 0.2) is 54.9 Å². The van der Waals surface area contributed by atoms with E-state index in [4.69, 9.17) is 10.00 Å². The Labute approximate surface area is 247 Å². The highest BCUT2D eigenvalue weighted by molar-refractivity contribution is 6.00. The zero-order chi connectivity index (χ0) is 29.9.